The smallest absolute Gasteiger partial charge is 0.0650 e. The van der Waals surface area contributed by atoms with Crippen molar-refractivity contribution in [2.75, 3.05) is 18.0 Å². The number of pyridine rings is 1. The summed E-state index contributed by atoms with van der Waals surface area (Å²) in [6.07, 6.45) is 10.3. The van der Waals surface area contributed by atoms with Gasteiger partial charge in [-0.1, -0.05) is 48.5 Å². The molecule has 1 aliphatic rings. The van der Waals surface area contributed by atoms with Crippen molar-refractivity contribution in [2.45, 2.75) is 26.2 Å². The summed E-state index contributed by atoms with van der Waals surface area (Å²) in [5.41, 5.74) is 4.87. The van der Waals surface area contributed by atoms with Crippen LogP contribution < -0.4 is 4.90 Å². The van der Waals surface area contributed by atoms with E-state index in [2.05, 4.69) is 77.5 Å². The summed E-state index contributed by atoms with van der Waals surface area (Å²) in [6, 6.07) is 17.2. The van der Waals surface area contributed by atoms with Crippen LogP contribution in [0.5, 0.6) is 0 Å². The van der Waals surface area contributed by atoms with Crippen LogP contribution in [0.25, 0.3) is 22.9 Å². The molecular formula is C23H24N2. The molecule has 0 radical (unpaired) electrons. The van der Waals surface area contributed by atoms with E-state index >= 15 is 0 Å². The Morgan fingerprint density at radius 2 is 1.72 bits per heavy atom. The van der Waals surface area contributed by atoms with Gasteiger partial charge in [-0.25, -0.2) is 0 Å². The molecule has 25 heavy (non-hydrogen) atoms. The number of piperidine rings is 1. The Morgan fingerprint density at radius 3 is 2.60 bits per heavy atom. The van der Waals surface area contributed by atoms with Gasteiger partial charge >= 0.3 is 0 Å². The monoisotopic (exact) mass is 328 g/mol. The second kappa shape index (κ2) is 7.10. The molecule has 2 heterocycles. The van der Waals surface area contributed by atoms with Crippen LogP contribution in [-0.2, 0) is 0 Å². The fourth-order valence-corrected chi connectivity index (χ4v) is 3.67. The van der Waals surface area contributed by atoms with Gasteiger partial charge in [0.15, 0.2) is 0 Å². The van der Waals surface area contributed by atoms with Crippen LogP contribution in [0.1, 0.15) is 36.1 Å². The van der Waals surface area contributed by atoms with E-state index in [4.69, 9.17) is 0 Å². The van der Waals surface area contributed by atoms with Crippen molar-refractivity contribution >= 4 is 28.6 Å². The second-order valence-corrected chi connectivity index (χ2v) is 6.85. The van der Waals surface area contributed by atoms with Gasteiger partial charge < -0.3 is 4.90 Å². The third-order valence-electron chi connectivity index (χ3n) is 5.05. The lowest BCUT2D eigenvalue weighted by molar-refractivity contribution is 0.577. The number of benzene rings is 2. The van der Waals surface area contributed by atoms with Crippen LogP contribution in [0.3, 0.4) is 0 Å². The SMILES string of the molecule is Cc1cnc(/C=C/c2cccc3ccccc23)cc1N1CCCCC1. The summed E-state index contributed by atoms with van der Waals surface area (Å²) in [6.45, 7) is 4.49. The molecule has 0 saturated carbocycles. The fraction of sp³-hybridized carbons (Fsp3) is 0.261. The number of hydrogen-bond acceptors (Lipinski definition) is 2. The molecule has 0 aliphatic carbocycles. The number of aromatic nitrogens is 1. The Morgan fingerprint density at radius 1 is 0.920 bits per heavy atom. The minimum Gasteiger partial charge on any atom is -0.371 e. The average molecular weight is 328 g/mol. The summed E-state index contributed by atoms with van der Waals surface area (Å²) in [5, 5.41) is 2.56. The first-order valence-corrected chi connectivity index (χ1v) is 9.19. The fourth-order valence-electron chi connectivity index (χ4n) is 3.67. The van der Waals surface area contributed by atoms with Crippen LogP contribution >= 0.6 is 0 Å². The van der Waals surface area contributed by atoms with Crippen LogP contribution in [0.2, 0.25) is 0 Å². The zero-order valence-electron chi connectivity index (χ0n) is 14.8. The molecule has 2 nitrogen and oxygen atoms in total. The van der Waals surface area contributed by atoms with E-state index in [9.17, 15) is 0 Å². The van der Waals surface area contributed by atoms with E-state index < -0.39 is 0 Å². The molecule has 2 aromatic carbocycles. The van der Waals surface area contributed by atoms with E-state index in [0.717, 1.165) is 18.8 Å². The molecule has 4 rings (SSSR count). The van der Waals surface area contributed by atoms with Gasteiger partial charge in [-0.3, -0.25) is 4.98 Å². The molecular weight excluding hydrogens is 304 g/mol. The lowest BCUT2D eigenvalue weighted by Crippen LogP contribution is -2.30. The lowest BCUT2D eigenvalue weighted by Gasteiger charge is -2.30. The topological polar surface area (TPSA) is 16.1 Å². The number of aryl methyl sites for hydroxylation is 1. The van der Waals surface area contributed by atoms with E-state index in [1.807, 2.05) is 6.20 Å². The zero-order valence-corrected chi connectivity index (χ0v) is 14.8. The lowest BCUT2D eigenvalue weighted by atomic mass is 10.0. The maximum atomic E-state index is 4.62. The van der Waals surface area contributed by atoms with Crippen molar-refractivity contribution in [1.82, 2.24) is 4.98 Å². The van der Waals surface area contributed by atoms with Crippen LogP contribution in [-0.4, -0.2) is 18.1 Å². The predicted molar refractivity (Wildman–Crippen MR) is 108 cm³/mol. The van der Waals surface area contributed by atoms with E-state index in [1.165, 1.54) is 46.8 Å². The normalized spacial score (nSPS) is 15.2. The van der Waals surface area contributed by atoms with Crippen molar-refractivity contribution in [3.05, 3.63) is 71.5 Å². The highest BCUT2D eigenvalue weighted by Gasteiger charge is 2.13. The summed E-state index contributed by atoms with van der Waals surface area (Å²) in [7, 11) is 0. The Bertz CT molecular complexity index is 900. The van der Waals surface area contributed by atoms with Gasteiger partial charge in [0.1, 0.15) is 0 Å². The van der Waals surface area contributed by atoms with E-state index in [1.54, 1.807) is 0 Å². The molecule has 0 bridgehead atoms. The van der Waals surface area contributed by atoms with Gasteiger partial charge in [0.2, 0.25) is 0 Å². The summed E-state index contributed by atoms with van der Waals surface area (Å²) in [4.78, 5) is 7.13. The molecule has 1 aromatic heterocycles. The molecule has 2 heteroatoms. The van der Waals surface area contributed by atoms with Crippen molar-refractivity contribution in [1.29, 1.82) is 0 Å². The largest absolute Gasteiger partial charge is 0.371 e. The molecule has 3 aromatic rings. The maximum Gasteiger partial charge on any atom is 0.0650 e. The minimum atomic E-state index is 1.03. The predicted octanol–water partition coefficient (Wildman–Crippen LogP) is 5.70. The number of hydrogen-bond donors (Lipinski definition) is 0. The molecule has 0 unspecified atom stereocenters. The third-order valence-corrected chi connectivity index (χ3v) is 5.05. The average Bonchev–Trinajstić information content (AvgIpc) is 2.68. The zero-order chi connectivity index (χ0) is 17.1. The molecule has 0 N–H and O–H groups in total. The van der Waals surface area contributed by atoms with Crippen LogP contribution in [0, 0.1) is 6.92 Å². The maximum absolute atomic E-state index is 4.62. The highest BCUT2D eigenvalue weighted by Crippen LogP contribution is 2.25. The van der Waals surface area contributed by atoms with Gasteiger partial charge in [0.05, 0.1) is 5.69 Å². The summed E-state index contributed by atoms with van der Waals surface area (Å²) < 4.78 is 0. The molecule has 126 valence electrons. The summed E-state index contributed by atoms with van der Waals surface area (Å²) >= 11 is 0. The standard InChI is InChI=1S/C23H24N2/c1-18-17-24-21(16-23(18)25-14-5-2-6-15-25)13-12-20-10-7-9-19-8-3-4-11-22(19)20/h3-4,7-13,16-17H,2,5-6,14-15H2,1H3/b13-12+. The van der Waals surface area contributed by atoms with Gasteiger partial charge in [0.25, 0.3) is 0 Å². The first-order chi connectivity index (χ1) is 12.3. The van der Waals surface area contributed by atoms with Crippen molar-refractivity contribution in [3.63, 3.8) is 0 Å². The number of fused-ring (bicyclic) bond motifs is 1. The van der Waals surface area contributed by atoms with Crippen molar-refractivity contribution < 1.29 is 0 Å². The van der Waals surface area contributed by atoms with Crippen molar-refractivity contribution in [2.24, 2.45) is 0 Å². The molecule has 0 spiro atoms. The van der Waals surface area contributed by atoms with Gasteiger partial charge in [-0.2, -0.15) is 0 Å². The first kappa shape index (κ1) is 15.9. The summed E-state index contributed by atoms with van der Waals surface area (Å²) in [5.74, 6) is 0. The highest BCUT2D eigenvalue weighted by atomic mass is 15.1. The molecule has 1 aliphatic heterocycles. The number of rotatable bonds is 3. The quantitative estimate of drug-likeness (QED) is 0.613. The minimum absolute atomic E-state index is 1.03. The molecule has 1 saturated heterocycles. The Balaban J connectivity index is 1.65. The first-order valence-electron chi connectivity index (χ1n) is 9.19. The molecule has 1 fully saturated rings. The van der Waals surface area contributed by atoms with Gasteiger partial charge in [0, 0.05) is 25.0 Å². The van der Waals surface area contributed by atoms with Crippen LogP contribution in [0.15, 0.2) is 54.7 Å². The second-order valence-electron chi connectivity index (χ2n) is 6.85. The Kier molecular flexibility index (Phi) is 4.51. The van der Waals surface area contributed by atoms with E-state index in [-0.39, 0.29) is 0 Å². The van der Waals surface area contributed by atoms with Crippen molar-refractivity contribution in [3.8, 4) is 0 Å². The Labute approximate surface area is 149 Å². The van der Waals surface area contributed by atoms with Gasteiger partial charge in [-0.15, -0.1) is 0 Å². The molecule has 0 atom stereocenters. The van der Waals surface area contributed by atoms with Gasteiger partial charge in [-0.05, 0) is 60.2 Å². The number of anilines is 1. The third kappa shape index (κ3) is 3.43. The Hall–Kier alpha value is -2.61. The van der Waals surface area contributed by atoms with E-state index in [0.29, 0.717) is 0 Å². The number of nitrogens with zero attached hydrogens (tertiary/aromatic N) is 2. The highest BCUT2D eigenvalue weighted by molar-refractivity contribution is 5.92. The molecule has 0 amide bonds. The van der Waals surface area contributed by atoms with Crippen LogP contribution in [0.4, 0.5) is 5.69 Å².